The lowest BCUT2D eigenvalue weighted by Crippen LogP contribution is -2.21. The summed E-state index contributed by atoms with van der Waals surface area (Å²) in [5, 5.41) is 14.0. The highest BCUT2D eigenvalue weighted by Gasteiger charge is 2.19. The number of nitrogens with one attached hydrogen (secondary N) is 2. The van der Waals surface area contributed by atoms with Crippen molar-refractivity contribution in [3.05, 3.63) is 60.2 Å². The van der Waals surface area contributed by atoms with Crippen LogP contribution in [0.4, 0.5) is 11.4 Å². The van der Waals surface area contributed by atoms with Gasteiger partial charge >= 0.3 is 0 Å². The Labute approximate surface area is 150 Å². The number of aromatic nitrogens is 4. The number of benzene rings is 1. The van der Waals surface area contributed by atoms with Crippen molar-refractivity contribution < 1.29 is 9.59 Å². The Morgan fingerprint density at radius 1 is 1.04 bits per heavy atom. The maximum Gasteiger partial charge on any atom is 0.278 e. The molecule has 1 aromatic carbocycles. The van der Waals surface area contributed by atoms with Gasteiger partial charge in [-0.2, -0.15) is 10.2 Å². The fraction of sp³-hybridized carbons (Fsp3) is 0.222. The zero-order valence-electron chi connectivity index (χ0n) is 14.6. The van der Waals surface area contributed by atoms with Crippen molar-refractivity contribution in [3.8, 4) is 0 Å². The summed E-state index contributed by atoms with van der Waals surface area (Å²) in [6.45, 7) is 4.40. The topological polar surface area (TPSA) is 93.8 Å². The summed E-state index contributed by atoms with van der Waals surface area (Å²) in [6, 6.07) is 10.9. The van der Waals surface area contributed by atoms with Crippen molar-refractivity contribution >= 4 is 23.2 Å². The van der Waals surface area contributed by atoms with Gasteiger partial charge in [-0.05, 0) is 32.0 Å². The average molecular weight is 352 g/mol. The third kappa shape index (κ3) is 4.15. The Morgan fingerprint density at radius 2 is 1.81 bits per heavy atom. The van der Waals surface area contributed by atoms with Gasteiger partial charge in [-0.25, -0.2) is 0 Å². The van der Waals surface area contributed by atoms with Crippen LogP contribution in [0.2, 0.25) is 0 Å². The number of aryl methyl sites for hydroxylation is 2. The molecule has 2 amide bonds. The minimum atomic E-state index is -0.381. The molecule has 8 heteroatoms. The smallest absolute Gasteiger partial charge is 0.278 e. The molecule has 0 aliphatic rings. The van der Waals surface area contributed by atoms with E-state index in [4.69, 9.17) is 0 Å². The number of carbonyl (C=O) groups is 2. The summed E-state index contributed by atoms with van der Waals surface area (Å²) < 4.78 is 3.15. The Kier molecular flexibility index (Phi) is 5.12. The van der Waals surface area contributed by atoms with E-state index in [-0.39, 0.29) is 24.1 Å². The van der Waals surface area contributed by atoms with E-state index in [1.165, 1.54) is 0 Å². The van der Waals surface area contributed by atoms with Crippen LogP contribution in [0.15, 0.2) is 48.8 Å². The van der Waals surface area contributed by atoms with Crippen LogP contribution >= 0.6 is 0 Å². The van der Waals surface area contributed by atoms with Crippen molar-refractivity contribution in [2.45, 2.75) is 26.9 Å². The van der Waals surface area contributed by atoms with E-state index in [9.17, 15) is 9.59 Å². The largest absolute Gasteiger partial charge is 0.321 e. The predicted octanol–water partition coefficient (Wildman–Crippen LogP) is 2.30. The number of hydrogen-bond acceptors (Lipinski definition) is 4. The van der Waals surface area contributed by atoms with Crippen molar-refractivity contribution in [1.82, 2.24) is 19.6 Å². The SMILES string of the molecule is CCn1cc(NC(=O)Cn2ccc(C)n2)c(C(=O)Nc2ccccc2)n1. The summed E-state index contributed by atoms with van der Waals surface area (Å²) in [4.78, 5) is 24.8. The second-order valence-corrected chi connectivity index (χ2v) is 5.77. The van der Waals surface area contributed by atoms with Crippen LogP contribution in [0.1, 0.15) is 23.1 Å². The standard InChI is InChI=1S/C18H20N6O2/c1-3-23-11-15(20-16(25)12-24-10-9-13(2)21-24)17(22-23)18(26)19-14-7-5-4-6-8-14/h4-11H,3,12H2,1-2H3,(H,19,26)(H,20,25). The monoisotopic (exact) mass is 352 g/mol. The Morgan fingerprint density at radius 3 is 2.46 bits per heavy atom. The normalized spacial score (nSPS) is 10.5. The third-order valence-electron chi connectivity index (χ3n) is 3.69. The van der Waals surface area contributed by atoms with Crippen LogP contribution in [0.25, 0.3) is 0 Å². The number of anilines is 2. The van der Waals surface area contributed by atoms with Crippen molar-refractivity contribution in [3.63, 3.8) is 0 Å². The molecule has 0 fully saturated rings. The molecule has 0 saturated carbocycles. The molecular formula is C18H20N6O2. The van der Waals surface area contributed by atoms with E-state index in [1.807, 2.05) is 38.1 Å². The van der Waals surface area contributed by atoms with Gasteiger partial charge < -0.3 is 10.6 Å². The number of rotatable bonds is 6. The fourth-order valence-electron chi connectivity index (χ4n) is 2.44. The first-order chi connectivity index (χ1) is 12.5. The van der Waals surface area contributed by atoms with Crippen LogP contribution in [0.5, 0.6) is 0 Å². The number of hydrogen-bond donors (Lipinski definition) is 2. The Bertz CT molecular complexity index is 913. The van der Waals surface area contributed by atoms with Gasteiger partial charge in [-0.1, -0.05) is 18.2 Å². The zero-order valence-corrected chi connectivity index (χ0v) is 14.6. The van der Waals surface area contributed by atoms with E-state index in [1.54, 1.807) is 33.9 Å². The van der Waals surface area contributed by atoms with Crippen molar-refractivity contribution in [2.24, 2.45) is 0 Å². The minimum Gasteiger partial charge on any atom is -0.321 e. The number of nitrogens with zero attached hydrogens (tertiary/aromatic N) is 4. The first kappa shape index (κ1) is 17.4. The van der Waals surface area contributed by atoms with Gasteiger partial charge in [0.25, 0.3) is 5.91 Å². The van der Waals surface area contributed by atoms with Gasteiger partial charge in [0.15, 0.2) is 5.69 Å². The molecule has 0 radical (unpaired) electrons. The van der Waals surface area contributed by atoms with Crippen LogP contribution in [0, 0.1) is 6.92 Å². The van der Waals surface area contributed by atoms with E-state index in [0.717, 1.165) is 5.69 Å². The van der Waals surface area contributed by atoms with Crippen LogP contribution in [-0.2, 0) is 17.9 Å². The van der Waals surface area contributed by atoms with Gasteiger partial charge in [0.1, 0.15) is 6.54 Å². The fourth-order valence-corrected chi connectivity index (χ4v) is 2.44. The molecule has 0 atom stereocenters. The van der Waals surface area contributed by atoms with Crippen molar-refractivity contribution in [1.29, 1.82) is 0 Å². The van der Waals surface area contributed by atoms with Gasteiger partial charge in [0.2, 0.25) is 5.91 Å². The summed E-state index contributed by atoms with van der Waals surface area (Å²) in [5.41, 5.74) is 2.03. The summed E-state index contributed by atoms with van der Waals surface area (Å²) >= 11 is 0. The maximum atomic E-state index is 12.6. The molecule has 3 rings (SSSR count). The lowest BCUT2D eigenvalue weighted by molar-refractivity contribution is -0.116. The third-order valence-corrected chi connectivity index (χ3v) is 3.69. The molecule has 3 aromatic rings. The molecule has 8 nitrogen and oxygen atoms in total. The van der Waals surface area contributed by atoms with Gasteiger partial charge in [0, 0.05) is 24.6 Å². The molecule has 0 aliphatic heterocycles. The summed E-state index contributed by atoms with van der Waals surface area (Å²) in [5.74, 6) is -0.661. The second-order valence-electron chi connectivity index (χ2n) is 5.77. The quantitative estimate of drug-likeness (QED) is 0.712. The highest BCUT2D eigenvalue weighted by molar-refractivity contribution is 6.08. The molecule has 0 saturated heterocycles. The van der Waals surface area contributed by atoms with Crippen molar-refractivity contribution in [2.75, 3.05) is 10.6 Å². The van der Waals surface area contributed by atoms with Crippen LogP contribution < -0.4 is 10.6 Å². The molecule has 2 aromatic heterocycles. The lowest BCUT2D eigenvalue weighted by Gasteiger charge is -2.06. The maximum absolute atomic E-state index is 12.6. The first-order valence-electron chi connectivity index (χ1n) is 8.29. The predicted molar refractivity (Wildman–Crippen MR) is 97.9 cm³/mol. The van der Waals surface area contributed by atoms with Crippen LogP contribution in [0.3, 0.4) is 0 Å². The lowest BCUT2D eigenvalue weighted by atomic mass is 10.3. The minimum absolute atomic E-state index is 0.0604. The number of amides is 2. The van der Waals surface area contributed by atoms with E-state index >= 15 is 0 Å². The van der Waals surface area contributed by atoms with Gasteiger partial charge in [0.05, 0.1) is 11.4 Å². The van der Waals surface area contributed by atoms with E-state index in [2.05, 4.69) is 20.8 Å². The summed E-state index contributed by atoms with van der Waals surface area (Å²) in [6.07, 6.45) is 3.37. The Balaban J connectivity index is 1.75. The highest BCUT2D eigenvalue weighted by Crippen LogP contribution is 2.16. The summed E-state index contributed by atoms with van der Waals surface area (Å²) in [7, 11) is 0. The molecule has 2 N–H and O–H groups in total. The molecule has 0 spiro atoms. The average Bonchev–Trinajstić information content (AvgIpc) is 3.21. The first-order valence-corrected chi connectivity index (χ1v) is 8.29. The highest BCUT2D eigenvalue weighted by atomic mass is 16.2. The van der Waals surface area contributed by atoms with Gasteiger partial charge in [-0.3, -0.25) is 19.0 Å². The zero-order chi connectivity index (χ0) is 18.5. The van der Waals surface area contributed by atoms with E-state index in [0.29, 0.717) is 17.9 Å². The molecule has 2 heterocycles. The molecule has 0 bridgehead atoms. The molecular weight excluding hydrogens is 332 g/mol. The molecule has 0 unspecified atom stereocenters. The molecule has 26 heavy (non-hydrogen) atoms. The number of para-hydroxylation sites is 1. The second kappa shape index (κ2) is 7.64. The number of carbonyl (C=O) groups excluding carboxylic acids is 2. The molecule has 0 aliphatic carbocycles. The van der Waals surface area contributed by atoms with E-state index < -0.39 is 0 Å². The van der Waals surface area contributed by atoms with Crippen LogP contribution in [-0.4, -0.2) is 31.4 Å². The molecule has 134 valence electrons. The Hall–Kier alpha value is -3.42. The van der Waals surface area contributed by atoms with Gasteiger partial charge in [-0.15, -0.1) is 0 Å².